The highest BCUT2D eigenvalue weighted by Gasteiger charge is 2.43. The molecule has 0 saturated carbocycles. The topological polar surface area (TPSA) is 24.5 Å². The van der Waals surface area contributed by atoms with Gasteiger partial charge < -0.3 is 15.0 Å². The molecular formula is C17H26N2O. The van der Waals surface area contributed by atoms with Gasteiger partial charge in [-0.2, -0.15) is 0 Å². The Balaban J connectivity index is 1.99. The second kappa shape index (κ2) is 5.28. The Morgan fingerprint density at radius 1 is 1.30 bits per heavy atom. The van der Waals surface area contributed by atoms with Crippen LogP contribution < -0.4 is 15.0 Å². The van der Waals surface area contributed by atoms with E-state index in [0.717, 1.165) is 25.4 Å². The summed E-state index contributed by atoms with van der Waals surface area (Å²) >= 11 is 0. The summed E-state index contributed by atoms with van der Waals surface area (Å²) in [4.78, 5) is 2.59. The highest BCUT2D eigenvalue weighted by atomic mass is 16.5. The minimum Gasteiger partial charge on any atom is -0.497 e. The summed E-state index contributed by atoms with van der Waals surface area (Å²) in [5.74, 6) is 1.69. The van der Waals surface area contributed by atoms with Crippen LogP contribution in [0, 0.1) is 5.92 Å². The van der Waals surface area contributed by atoms with E-state index in [-0.39, 0.29) is 0 Å². The van der Waals surface area contributed by atoms with Crippen LogP contribution in [0.1, 0.15) is 32.3 Å². The maximum absolute atomic E-state index is 5.46. The van der Waals surface area contributed by atoms with E-state index in [1.54, 1.807) is 7.11 Å². The monoisotopic (exact) mass is 274 g/mol. The van der Waals surface area contributed by atoms with E-state index in [0.29, 0.717) is 11.3 Å². The van der Waals surface area contributed by atoms with Gasteiger partial charge in [-0.25, -0.2) is 0 Å². The molecule has 0 unspecified atom stereocenters. The zero-order valence-electron chi connectivity index (χ0n) is 12.9. The van der Waals surface area contributed by atoms with E-state index >= 15 is 0 Å². The fraction of sp³-hybridized carbons (Fsp3) is 0.647. The van der Waals surface area contributed by atoms with Crippen LogP contribution in [-0.4, -0.2) is 33.3 Å². The average molecular weight is 274 g/mol. The smallest absolute Gasteiger partial charge is 0.119 e. The second-order valence-corrected chi connectivity index (χ2v) is 6.69. The van der Waals surface area contributed by atoms with Gasteiger partial charge in [-0.05, 0) is 55.6 Å². The van der Waals surface area contributed by atoms with Crippen molar-refractivity contribution in [3.63, 3.8) is 0 Å². The molecule has 0 amide bonds. The molecule has 0 radical (unpaired) electrons. The average Bonchev–Trinajstić information content (AvgIpc) is 2.72. The SMILES string of the molecule is COc1ccc2c(c1)C1(CCNCC1)CN2CC(C)C. The molecule has 20 heavy (non-hydrogen) atoms. The van der Waals surface area contributed by atoms with E-state index in [2.05, 4.69) is 42.3 Å². The first-order valence-corrected chi connectivity index (χ1v) is 7.79. The van der Waals surface area contributed by atoms with Gasteiger partial charge in [-0.1, -0.05) is 13.8 Å². The van der Waals surface area contributed by atoms with Crippen molar-refractivity contribution < 1.29 is 4.74 Å². The van der Waals surface area contributed by atoms with E-state index < -0.39 is 0 Å². The Morgan fingerprint density at radius 2 is 2.05 bits per heavy atom. The number of methoxy groups -OCH3 is 1. The maximum atomic E-state index is 5.46. The highest BCUT2D eigenvalue weighted by Crippen LogP contribution is 2.47. The molecule has 3 rings (SSSR count). The normalized spacial score (nSPS) is 20.5. The number of piperidine rings is 1. The van der Waals surface area contributed by atoms with Crippen molar-refractivity contribution in [1.29, 1.82) is 0 Å². The van der Waals surface area contributed by atoms with E-state index in [1.807, 2.05) is 0 Å². The molecule has 0 bridgehead atoms. The van der Waals surface area contributed by atoms with Crippen LogP contribution in [0.15, 0.2) is 18.2 Å². The largest absolute Gasteiger partial charge is 0.497 e. The molecule has 0 atom stereocenters. The van der Waals surface area contributed by atoms with E-state index in [4.69, 9.17) is 4.74 Å². The lowest BCUT2D eigenvalue weighted by atomic mass is 9.75. The van der Waals surface area contributed by atoms with Gasteiger partial charge >= 0.3 is 0 Å². The van der Waals surface area contributed by atoms with E-state index in [9.17, 15) is 0 Å². The maximum Gasteiger partial charge on any atom is 0.119 e. The molecule has 0 aromatic heterocycles. The summed E-state index contributed by atoms with van der Waals surface area (Å²) in [6, 6.07) is 6.64. The van der Waals surface area contributed by atoms with Crippen LogP contribution >= 0.6 is 0 Å². The van der Waals surface area contributed by atoms with Crippen LogP contribution in [0.3, 0.4) is 0 Å². The number of benzene rings is 1. The van der Waals surface area contributed by atoms with Crippen LogP contribution in [0.25, 0.3) is 0 Å². The van der Waals surface area contributed by atoms with Gasteiger partial charge in [-0.3, -0.25) is 0 Å². The summed E-state index contributed by atoms with van der Waals surface area (Å²) in [7, 11) is 1.76. The molecule has 1 aromatic rings. The molecule has 1 spiro atoms. The Kier molecular flexibility index (Phi) is 3.63. The summed E-state index contributed by atoms with van der Waals surface area (Å²) in [6.07, 6.45) is 2.48. The molecule has 110 valence electrons. The van der Waals surface area contributed by atoms with Crippen molar-refractivity contribution in [1.82, 2.24) is 5.32 Å². The van der Waals surface area contributed by atoms with Crippen LogP contribution in [-0.2, 0) is 5.41 Å². The molecule has 3 nitrogen and oxygen atoms in total. The number of rotatable bonds is 3. The summed E-state index contributed by atoms with van der Waals surface area (Å²) in [5, 5.41) is 3.50. The highest BCUT2D eigenvalue weighted by molar-refractivity contribution is 5.65. The Hall–Kier alpha value is -1.22. The van der Waals surface area contributed by atoms with Gasteiger partial charge in [0.05, 0.1) is 7.11 Å². The lowest BCUT2D eigenvalue weighted by molar-refractivity contribution is 0.322. The van der Waals surface area contributed by atoms with Crippen molar-refractivity contribution in [2.24, 2.45) is 5.92 Å². The van der Waals surface area contributed by atoms with Gasteiger partial charge in [0, 0.05) is 24.2 Å². The lowest BCUT2D eigenvalue weighted by Gasteiger charge is -2.35. The van der Waals surface area contributed by atoms with Gasteiger partial charge in [0.2, 0.25) is 0 Å². The Labute approximate surface area is 122 Å². The number of fused-ring (bicyclic) bond motifs is 2. The number of anilines is 1. The molecule has 3 heteroatoms. The Morgan fingerprint density at radius 3 is 2.70 bits per heavy atom. The van der Waals surface area contributed by atoms with Crippen LogP contribution in [0.4, 0.5) is 5.69 Å². The van der Waals surface area contributed by atoms with Crippen molar-refractivity contribution in [2.45, 2.75) is 32.1 Å². The minimum absolute atomic E-state index is 0.337. The first-order chi connectivity index (χ1) is 9.64. The third kappa shape index (κ3) is 2.28. The fourth-order valence-corrected chi connectivity index (χ4v) is 3.81. The first kappa shape index (κ1) is 13.7. The third-order valence-corrected chi connectivity index (χ3v) is 4.76. The summed E-state index contributed by atoms with van der Waals surface area (Å²) < 4.78 is 5.46. The van der Waals surface area contributed by atoms with Gasteiger partial charge in [-0.15, -0.1) is 0 Å². The fourth-order valence-electron chi connectivity index (χ4n) is 3.81. The molecule has 1 N–H and O–H groups in total. The van der Waals surface area contributed by atoms with Gasteiger partial charge in [0.25, 0.3) is 0 Å². The molecule has 1 saturated heterocycles. The van der Waals surface area contributed by atoms with Crippen molar-refractivity contribution in [3.05, 3.63) is 23.8 Å². The van der Waals surface area contributed by atoms with Crippen LogP contribution in [0.5, 0.6) is 5.75 Å². The number of ether oxygens (including phenoxy) is 1. The molecule has 2 aliphatic heterocycles. The second-order valence-electron chi connectivity index (χ2n) is 6.69. The summed E-state index contributed by atoms with van der Waals surface area (Å²) in [6.45, 7) is 9.19. The van der Waals surface area contributed by atoms with Crippen LogP contribution in [0.2, 0.25) is 0 Å². The molecule has 2 aliphatic rings. The van der Waals surface area contributed by atoms with Crippen molar-refractivity contribution >= 4 is 5.69 Å². The molecule has 1 fully saturated rings. The minimum atomic E-state index is 0.337. The predicted molar refractivity (Wildman–Crippen MR) is 83.8 cm³/mol. The summed E-state index contributed by atoms with van der Waals surface area (Å²) in [5.41, 5.74) is 3.28. The number of nitrogens with one attached hydrogen (secondary N) is 1. The van der Waals surface area contributed by atoms with E-state index in [1.165, 1.54) is 30.6 Å². The standard InChI is InChI=1S/C17H26N2O/c1-13(2)11-19-12-17(6-8-18-9-7-17)15-10-14(20-3)4-5-16(15)19/h4-5,10,13,18H,6-9,11-12H2,1-3H3. The number of hydrogen-bond acceptors (Lipinski definition) is 3. The lowest BCUT2D eigenvalue weighted by Crippen LogP contribution is -2.43. The third-order valence-electron chi connectivity index (χ3n) is 4.76. The molecule has 0 aliphatic carbocycles. The van der Waals surface area contributed by atoms with Crippen molar-refractivity contribution in [3.8, 4) is 5.75 Å². The van der Waals surface area contributed by atoms with Gasteiger partial charge in [0.15, 0.2) is 0 Å². The molecule has 1 aromatic carbocycles. The molecule has 2 heterocycles. The zero-order valence-corrected chi connectivity index (χ0v) is 12.9. The van der Waals surface area contributed by atoms with Gasteiger partial charge in [0.1, 0.15) is 5.75 Å². The number of nitrogens with zero attached hydrogens (tertiary/aromatic N) is 1. The quantitative estimate of drug-likeness (QED) is 0.917. The zero-order chi connectivity index (χ0) is 14.2. The Bertz CT molecular complexity index is 478. The molecular weight excluding hydrogens is 248 g/mol. The predicted octanol–water partition coefficient (Wildman–Crippen LogP) is 2.79. The van der Waals surface area contributed by atoms with Crippen molar-refractivity contribution in [2.75, 3.05) is 38.2 Å². The number of hydrogen-bond donors (Lipinski definition) is 1. The first-order valence-electron chi connectivity index (χ1n) is 7.79.